The minimum absolute atomic E-state index is 0.252. The van der Waals surface area contributed by atoms with Crippen molar-refractivity contribution in [3.05, 3.63) is 63.8 Å². The molecule has 1 aliphatic rings. The third-order valence-electron chi connectivity index (χ3n) is 6.00. The summed E-state index contributed by atoms with van der Waals surface area (Å²) < 4.78 is 13.7. The average Bonchev–Trinajstić information content (AvgIpc) is 3.13. The molecule has 1 atom stereocenters. The highest BCUT2D eigenvalue weighted by Crippen LogP contribution is 2.26. The summed E-state index contributed by atoms with van der Waals surface area (Å²) in [5.74, 6) is 1.21. The number of halogens is 1. The molecule has 1 unspecified atom stereocenters. The Morgan fingerprint density at radius 3 is 2.64 bits per heavy atom. The van der Waals surface area contributed by atoms with Gasteiger partial charge in [0.2, 0.25) is 0 Å². The number of carbonyl (C=O) groups is 1. The lowest BCUT2D eigenvalue weighted by molar-refractivity contribution is 0.0946. The van der Waals surface area contributed by atoms with Crippen molar-refractivity contribution in [2.24, 2.45) is 0 Å². The summed E-state index contributed by atoms with van der Waals surface area (Å²) in [6, 6.07) is 13.7. The lowest BCUT2D eigenvalue weighted by Crippen LogP contribution is -2.26. The Hall–Kier alpha value is -2.73. The summed E-state index contributed by atoms with van der Waals surface area (Å²) in [5.41, 5.74) is 4.31. The van der Waals surface area contributed by atoms with Crippen molar-refractivity contribution < 1.29 is 9.00 Å². The van der Waals surface area contributed by atoms with Crippen LogP contribution in [-0.4, -0.2) is 49.4 Å². The number of aromatic nitrogens is 2. The van der Waals surface area contributed by atoms with Crippen LogP contribution < -0.4 is 5.32 Å². The molecule has 36 heavy (non-hydrogen) atoms. The van der Waals surface area contributed by atoms with Gasteiger partial charge in [-0.15, -0.1) is 0 Å². The van der Waals surface area contributed by atoms with Gasteiger partial charge in [0, 0.05) is 52.3 Å². The van der Waals surface area contributed by atoms with Crippen LogP contribution in [0, 0.1) is 18.3 Å². The van der Waals surface area contributed by atoms with Crippen LogP contribution in [-0.2, 0) is 30.4 Å². The maximum absolute atomic E-state index is 13.2. The summed E-state index contributed by atoms with van der Waals surface area (Å²) in [6.45, 7) is 9.27. The molecule has 0 radical (unpaired) electrons. The van der Waals surface area contributed by atoms with Gasteiger partial charge in [0.25, 0.3) is 5.91 Å². The van der Waals surface area contributed by atoms with Crippen molar-refractivity contribution in [2.75, 3.05) is 24.6 Å². The first-order chi connectivity index (χ1) is 17.4. The molecular weight excluding hydrogens is 494 g/mol. The van der Waals surface area contributed by atoms with Crippen molar-refractivity contribution in [3.63, 3.8) is 0 Å². The SMILES string of the molecule is CC.Cc1cc(CN2CCCS(=O)CC2)cc2c(C(=O)NCc3ccc(Cl)cc3)nn(CCC#N)c12. The summed E-state index contributed by atoms with van der Waals surface area (Å²) >= 11 is 5.95. The van der Waals surface area contributed by atoms with Crippen molar-refractivity contribution in [3.8, 4) is 6.07 Å². The molecule has 1 saturated heterocycles. The number of hydrogen-bond donors (Lipinski definition) is 1. The number of amides is 1. The number of aryl methyl sites for hydroxylation is 2. The molecule has 0 bridgehead atoms. The van der Waals surface area contributed by atoms with Gasteiger partial charge in [0.05, 0.1) is 24.6 Å². The monoisotopic (exact) mass is 527 g/mol. The number of fused-ring (bicyclic) bond motifs is 1. The zero-order chi connectivity index (χ0) is 26.1. The molecule has 192 valence electrons. The highest BCUT2D eigenvalue weighted by atomic mass is 35.5. The number of carbonyl (C=O) groups excluding carboxylic acids is 1. The average molecular weight is 528 g/mol. The maximum atomic E-state index is 13.2. The summed E-state index contributed by atoms with van der Waals surface area (Å²) in [4.78, 5) is 15.5. The standard InChI is InChI=1S/C25H28ClN5O2S.C2H6/c1-18-14-20(17-30-9-3-12-34(33)13-11-30)15-22-23(29-31(24(18)22)10-2-8-27)25(32)28-16-19-4-6-21(26)7-5-19;1-2/h4-7,14-15H,2-3,9-13,16-17H2,1H3,(H,28,32);1-2H3. The van der Waals surface area contributed by atoms with Crippen LogP contribution in [0.5, 0.6) is 0 Å². The minimum Gasteiger partial charge on any atom is -0.347 e. The lowest BCUT2D eigenvalue weighted by atomic mass is 10.0. The molecule has 3 aromatic rings. The van der Waals surface area contributed by atoms with Crippen molar-refractivity contribution >= 4 is 39.2 Å². The molecule has 1 fully saturated rings. The van der Waals surface area contributed by atoms with Gasteiger partial charge in [-0.3, -0.25) is 18.6 Å². The quantitative estimate of drug-likeness (QED) is 0.475. The second-order valence-corrected chi connectivity index (χ2v) is 10.7. The molecule has 2 aromatic carbocycles. The first-order valence-corrected chi connectivity index (χ1v) is 14.3. The van der Waals surface area contributed by atoms with Crippen LogP contribution in [0.2, 0.25) is 5.02 Å². The molecule has 2 heterocycles. The Morgan fingerprint density at radius 1 is 1.17 bits per heavy atom. The molecular formula is C27H34ClN5O2S. The Bertz CT molecular complexity index is 1250. The van der Waals surface area contributed by atoms with E-state index in [9.17, 15) is 9.00 Å². The van der Waals surface area contributed by atoms with Gasteiger partial charge in [0.1, 0.15) is 0 Å². The first kappa shape index (κ1) is 27.9. The number of nitriles is 1. The summed E-state index contributed by atoms with van der Waals surface area (Å²) in [7, 11) is -0.734. The maximum Gasteiger partial charge on any atom is 0.272 e. The highest BCUT2D eigenvalue weighted by molar-refractivity contribution is 7.85. The lowest BCUT2D eigenvalue weighted by Gasteiger charge is -2.20. The molecule has 7 nitrogen and oxygen atoms in total. The smallest absolute Gasteiger partial charge is 0.272 e. The molecule has 0 spiro atoms. The van der Waals surface area contributed by atoms with E-state index in [2.05, 4.69) is 27.5 Å². The van der Waals surface area contributed by atoms with Crippen molar-refractivity contribution in [1.82, 2.24) is 20.0 Å². The molecule has 9 heteroatoms. The number of nitrogens with one attached hydrogen (secondary N) is 1. The number of hydrogen-bond acceptors (Lipinski definition) is 5. The Kier molecular flexibility index (Phi) is 10.5. The van der Waals surface area contributed by atoms with Gasteiger partial charge < -0.3 is 5.32 Å². The van der Waals surface area contributed by atoms with Crippen LogP contribution >= 0.6 is 11.6 Å². The van der Waals surface area contributed by atoms with E-state index >= 15 is 0 Å². The van der Waals surface area contributed by atoms with Crippen LogP contribution in [0.4, 0.5) is 0 Å². The predicted octanol–water partition coefficient (Wildman–Crippen LogP) is 4.82. The molecule has 0 aliphatic carbocycles. The molecule has 4 rings (SSSR count). The van der Waals surface area contributed by atoms with Gasteiger partial charge in [-0.1, -0.05) is 43.6 Å². The van der Waals surface area contributed by atoms with E-state index in [0.29, 0.717) is 36.0 Å². The molecule has 1 aliphatic heterocycles. The van der Waals surface area contributed by atoms with E-state index in [1.807, 2.05) is 39.0 Å². The van der Waals surface area contributed by atoms with E-state index in [4.69, 9.17) is 16.9 Å². The summed E-state index contributed by atoms with van der Waals surface area (Å²) in [5, 5.41) is 18.1. The van der Waals surface area contributed by atoms with Crippen LogP contribution in [0.3, 0.4) is 0 Å². The molecule has 1 amide bonds. The minimum atomic E-state index is -0.734. The van der Waals surface area contributed by atoms with E-state index in [1.54, 1.807) is 16.8 Å². The zero-order valence-electron chi connectivity index (χ0n) is 21.2. The van der Waals surface area contributed by atoms with Crippen LogP contribution in [0.25, 0.3) is 10.9 Å². The van der Waals surface area contributed by atoms with Gasteiger partial charge in [-0.05, 0) is 54.8 Å². The third kappa shape index (κ3) is 7.16. The molecule has 0 saturated carbocycles. The number of benzene rings is 2. The largest absolute Gasteiger partial charge is 0.347 e. The van der Waals surface area contributed by atoms with E-state index in [0.717, 1.165) is 59.4 Å². The first-order valence-electron chi connectivity index (χ1n) is 12.4. The summed E-state index contributed by atoms with van der Waals surface area (Å²) in [6.07, 6.45) is 1.24. The fraction of sp³-hybridized carbons (Fsp3) is 0.444. The predicted molar refractivity (Wildman–Crippen MR) is 146 cm³/mol. The van der Waals surface area contributed by atoms with Crippen LogP contribution in [0.15, 0.2) is 36.4 Å². The van der Waals surface area contributed by atoms with E-state index in [-0.39, 0.29) is 5.91 Å². The number of rotatable bonds is 7. The topological polar surface area (TPSA) is 91.0 Å². The fourth-order valence-electron chi connectivity index (χ4n) is 4.36. The Labute approximate surface area is 220 Å². The van der Waals surface area contributed by atoms with Gasteiger partial charge in [-0.2, -0.15) is 10.4 Å². The zero-order valence-corrected chi connectivity index (χ0v) is 22.8. The van der Waals surface area contributed by atoms with Gasteiger partial charge in [0.15, 0.2) is 5.69 Å². The van der Waals surface area contributed by atoms with E-state index < -0.39 is 10.8 Å². The third-order valence-corrected chi connectivity index (χ3v) is 7.63. The molecule has 1 N–H and O–H groups in total. The van der Waals surface area contributed by atoms with Crippen LogP contribution in [0.1, 0.15) is 53.9 Å². The fourth-order valence-corrected chi connectivity index (χ4v) is 5.60. The van der Waals surface area contributed by atoms with Gasteiger partial charge >= 0.3 is 0 Å². The van der Waals surface area contributed by atoms with Crippen molar-refractivity contribution in [2.45, 2.75) is 53.2 Å². The second-order valence-electron chi connectivity index (χ2n) is 8.58. The Morgan fingerprint density at radius 2 is 1.92 bits per heavy atom. The van der Waals surface area contributed by atoms with Crippen molar-refractivity contribution in [1.29, 1.82) is 5.26 Å². The van der Waals surface area contributed by atoms with E-state index in [1.165, 1.54) is 0 Å². The highest BCUT2D eigenvalue weighted by Gasteiger charge is 2.21. The number of nitrogens with zero attached hydrogens (tertiary/aromatic N) is 4. The van der Waals surface area contributed by atoms with Gasteiger partial charge in [-0.25, -0.2) is 0 Å². The second kappa shape index (κ2) is 13.5. The molecule has 1 aromatic heterocycles. The Balaban J connectivity index is 0.00000176. The normalized spacial score (nSPS) is 16.0.